The summed E-state index contributed by atoms with van der Waals surface area (Å²) >= 11 is 7.06. The van der Waals surface area contributed by atoms with Gasteiger partial charge in [0.15, 0.2) is 0 Å². The summed E-state index contributed by atoms with van der Waals surface area (Å²) in [7, 11) is -3.93. The fourth-order valence-electron chi connectivity index (χ4n) is 3.44. The molecule has 0 aromatic heterocycles. The maximum Gasteiger partial charge on any atom is 1.00 e. The van der Waals surface area contributed by atoms with Gasteiger partial charge in [-0.25, -0.2) is 0 Å². The van der Waals surface area contributed by atoms with Gasteiger partial charge in [-0.05, 0) is 59.4 Å². The summed E-state index contributed by atoms with van der Waals surface area (Å²) in [5, 5.41) is 0. The van der Waals surface area contributed by atoms with Crippen LogP contribution in [0.15, 0.2) is 45.3 Å². The molecule has 0 saturated heterocycles. The van der Waals surface area contributed by atoms with Crippen molar-refractivity contribution >= 4 is 42.0 Å². The molecule has 1 aliphatic carbocycles. The first-order chi connectivity index (χ1) is 10.7. The van der Waals surface area contributed by atoms with Crippen LogP contribution in [0.1, 0.15) is 32.3 Å². The first kappa shape index (κ1) is 20.6. The zero-order chi connectivity index (χ0) is 16.8. The third kappa shape index (κ3) is 4.00. The van der Waals surface area contributed by atoms with Gasteiger partial charge in [0, 0.05) is 14.4 Å². The van der Waals surface area contributed by atoms with Gasteiger partial charge in [0.1, 0.15) is 0 Å². The molecular weight excluding hydrogens is 467 g/mol. The zero-order valence-corrected chi connectivity index (χ0v) is 19.5. The average Bonchev–Trinajstić information content (AvgIpc) is 2.67. The van der Waals surface area contributed by atoms with E-state index in [9.17, 15) is 8.42 Å². The largest absolute Gasteiger partial charge is 1.00 e. The quantitative estimate of drug-likeness (QED) is 0.536. The SMILES string of the molecule is CC1(CCCS(=O)(=O)O)c2cc(Br)ccc2-c2ccc(Br)cc21.[H-].[Na+]. The Balaban J connectivity index is 0.00000156. The van der Waals surface area contributed by atoms with Crippen LogP contribution < -0.4 is 29.6 Å². The Morgan fingerprint density at radius 3 is 1.92 bits per heavy atom. The van der Waals surface area contributed by atoms with Crippen LogP contribution in [0.25, 0.3) is 11.1 Å². The van der Waals surface area contributed by atoms with E-state index in [2.05, 4.69) is 63.0 Å². The molecule has 0 amide bonds. The second kappa shape index (κ2) is 7.51. The summed E-state index contributed by atoms with van der Waals surface area (Å²) in [5.74, 6) is -0.213. The Bertz CT molecular complexity index is 836. The number of hydrogen-bond donors (Lipinski definition) is 1. The molecule has 0 aliphatic heterocycles. The van der Waals surface area contributed by atoms with E-state index in [1.807, 2.05) is 12.1 Å². The van der Waals surface area contributed by atoms with Gasteiger partial charge in [-0.2, -0.15) is 8.42 Å². The van der Waals surface area contributed by atoms with Crippen molar-refractivity contribution in [1.82, 2.24) is 0 Å². The van der Waals surface area contributed by atoms with Crippen molar-refractivity contribution in [3.63, 3.8) is 0 Å². The molecule has 24 heavy (non-hydrogen) atoms. The van der Waals surface area contributed by atoms with Crippen molar-refractivity contribution < 1.29 is 44.0 Å². The summed E-state index contributed by atoms with van der Waals surface area (Å²) in [6, 6.07) is 12.5. The predicted octanol–water partition coefficient (Wildman–Crippen LogP) is 2.28. The molecule has 0 fully saturated rings. The minimum atomic E-state index is -3.93. The van der Waals surface area contributed by atoms with Crippen LogP contribution in [0, 0.1) is 0 Å². The van der Waals surface area contributed by atoms with Crippen LogP contribution in [0.3, 0.4) is 0 Å². The molecule has 0 heterocycles. The summed E-state index contributed by atoms with van der Waals surface area (Å²) in [6.07, 6.45) is 1.06. The third-order valence-electron chi connectivity index (χ3n) is 4.52. The number of rotatable bonds is 4. The smallest absolute Gasteiger partial charge is 1.00 e. The van der Waals surface area contributed by atoms with Crippen molar-refractivity contribution in [3.05, 3.63) is 56.5 Å². The predicted molar refractivity (Wildman–Crippen MR) is 100 cm³/mol. The molecule has 7 heteroatoms. The van der Waals surface area contributed by atoms with E-state index in [0.717, 1.165) is 8.95 Å². The van der Waals surface area contributed by atoms with E-state index < -0.39 is 10.1 Å². The summed E-state index contributed by atoms with van der Waals surface area (Å²) < 4.78 is 33.1. The maximum atomic E-state index is 11.0. The second-order valence-corrected chi connectivity index (χ2v) is 9.50. The maximum absolute atomic E-state index is 11.0. The van der Waals surface area contributed by atoms with E-state index in [0.29, 0.717) is 12.8 Å². The molecule has 3 rings (SSSR count). The summed E-state index contributed by atoms with van der Waals surface area (Å²) in [5.41, 5.74) is 4.48. The first-order valence-corrected chi connectivity index (χ1v) is 10.5. The standard InChI is InChI=1S/C17H16Br2O3S.Na.H/c1-17(7-2-8-23(20,21)22)15-9-11(18)3-5-13(15)14-6-4-12(19)10-16(14)17;;/h3-6,9-10H,2,7-8H2,1H3,(H,20,21,22);;/q;+1;-1. The van der Waals surface area contributed by atoms with Crippen molar-refractivity contribution in [1.29, 1.82) is 0 Å². The molecule has 1 aliphatic rings. The molecule has 0 saturated carbocycles. The van der Waals surface area contributed by atoms with Crippen LogP contribution in [-0.4, -0.2) is 18.7 Å². The zero-order valence-electron chi connectivity index (χ0n) is 14.5. The van der Waals surface area contributed by atoms with Gasteiger partial charge >= 0.3 is 29.6 Å². The van der Waals surface area contributed by atoms with E-state index in [4.69, 9.17) is 4.55 Å². The van der Waals surface area contributed by atoms with E-state index in [1.54, 1.807) is 0 Å². The normalized spacial score (nSPS) is 14.7. The van der Waals surface area contributed by atoms with Gasteiger partial charge in [0.05, 0.1) is 5.75 Å². The number of benzene rings is 2. The van der Waals surface area contributed by atoms with Crippen molar-refractivity contribution in [2.75, 3.05) is 5.75 Å². The van der Waals surface area contributed by atoms with E-state index in [1.165, 1.54) is 22.3 Å². The molecule has 0 unspecified atom stereocenters. The molecule has 2 aromatic rings. The van der Waals surface area contributed by atoms with Gasteiger partial charge in [-0.1, -0.05) is 50.9 Å². The number of hydrogen-bond acceptors (Lipinski definition) is 2. The molecule has 3 nitrogen and oxygen atoms in total. The fourth-order valence-corrected chi connectivity index (χ4v) is 4.67. The van der Waals surface area contributed by atoms with Crippen molar-refractivity contribution in [2.24, 2.45) is 0 Å². The molecule has 2 aromatic carbocycles. The van der Waals surface area contributed by atoms with Crippen LogP contribution in [0.4, 0.5) is 0 Å². The van der Waals surface area contributed by atoms with Gasteiger partial charge in [-0.15, -0.1) is 0 Å². The molecular formula is C17H17Br2NaO3S. The van der Waals surface area contributed by atoms with Crippen LogP contribution in [0.5, 0.6) is 0 Å². The Morgan fingerprint density at radius 1 is 1.04 bits per heavy atom. The minimum absolute atomic E-state index is 0. The number of fused-ring (bicyclic) bond motifs is 3. The Kier molecular flexibility index (Phi) is 6.45. The fraction of sp³-hybridized carbons (Fsp3) is 0.294. The molecule has 0 spiro atoms. The Hall–Kier alpha value is 0.310. The van der Waals surface area contributed by atoms with Gasteiger partial charge in [-0.3, -0.25) is 4.55 Å². The van der Waals surface area contributed by atoms with Gasteiger partial charge in [0.25, 0.3) is 10.1 Å². The summed E-state index contributed by atoms with van der Waals surface area (Å²) in [4.78, 5) is 0. The molecule has 1 N–H and O–H groups in total. The Labute approximate surface area is 183 Å². The molecule has 124 valence electrons. The minimum Gasteiger partial charge on any atom is -1.00 e. The third-order valence-corrected chi connectivity index (χ3v) is 6.31. The molecule has 0 atom stereocenters. The molecule has 0 radical (unpaired) electrons. The number of halogens is 2. The Morgan fingerprint density at radius 2 is 1.50 bits per heavy atom. The van der Waals surface area contributed by atoms with Crippen LogP contribution >= 0.6 is 31.9 Å². The van der Waals surface area contributed by atoms with Crippen LogP contribution in [0.2, 0.25) is 0 Å². The van der Waals surface area contributed by atoms with Gasteiger partial charge < -0.3 is 1.43 Å². The second-order valence-electron chi connectivity index (χ2n) is 6.10. The van der Waals surface area contributed by atoms with E-state index in [-0.39, 0.29) is 42.2 Å². The first-order valence-electron chi connectivity index (χ1n) is 7.26. The van der Waals surface area contributed by atoms with E-state index >= 15 is 0 Å². The van der Waals surface area contributed by atoms with Gasteiger partial charge in [0.2, 0.25) is 0 Å². The topological polar surface area (TPSA) is 54.4 Å². The summed E-state index contributed by atoms with van der Waals surface area (Å²) in [6.45, 7) is 2.14. The molecule has 0 bridgehead atoms. The van der Waals surface area contributed by atoms with Crippen molar-refractivity contribution in [3.8, 4) is 11.1 Å². The average molecular weight is 484 g/mol. The van der Waals surface area contributed by atoms with Crippen LogP contribution in [-0.2, 0) is 15.5 Å². The van der Waals surface area contributed by atoms with Crippen molar-refractivity contribution in [2.45, 2.75) is 25.2 Å². The monoisotopic (exact) mass is 482 g/mol.